The van der Waals surface area contributed by atoms with Crippen molar-refractivity contribution in [3.63, 3.8) is 0 Å². The first kappa shape index (κ1) is 27.9. The normalized spacial score (nSPS) is 25.1. The van der Waals surface area contributed by atoms with Crippen molar-refractivity contribution in [1.82, 2.24) is 10.2 Å². The highest BCUT2D eigenvalue weighted by Gasteiger charge is 2.39. The maximum Gasteiger partial charge on any atom is 0.266 e. The lowest BCUT2D eigenvalue weighted by Crippen LogP contribution is -2.32. The van der Waals surface area contributed by atoms with Gasteiger partial charge in [0, 0.05) is 36.8 Å². The van der Waals surface area contributed by atoms with Crippen LogP contribution in [0.4, 0.5) is 5.69 Å². The van der Waals surface area contributed by atoms with Crippen LogP contribution in [0.2, 0.25) is 0 Å². The van der Waals surface area contributed by atoms with E-state index in [2.05, 4.69) is 10.2 Å². The molecule has 0 aromatic heterocycles. The molecule has 3 aromatic rings. The number of nitrogens with zero attached hydrogens (tertiary/aromatic N) is 2. The zero-order valence-corrected chi connectivity index (χ0v) is 24.7. The van der Waals surface area contributed by atoms with E-state index in [4.69, 9.17) is 14.2 Å². The summed E-state index contributed by atoms with van der Waals surface area (Å²) in [5.41, 5.74) is 1.10. The Bertz CT molecular complexity index is 1460. The van der Waals surface area contributed by atoms with Gasteiger partial charge in [0.05, 0.1) is 23.9 Å². The molecule has 3 aromatic carbocycles. The van der Waals surface area contributed by atoms with E-state index in [0.29, 0.717) is 58.5 Å². The average Bonchev–Trinajstić information content (AvgIpc) is 3.89. The van der Waals surface area contributed by atoms with Crippen molar-refractivity contribution < 1.29 is 23.8 Å². The Morgan fingerprint density at radius 3 is 2.02 bits per heavy atom. The van der Waals surface area contributed by atoms with Crippen LogP contribution in [0.3, 0.4) is 0 Å². The van der Waals surface area contributed by atoms with Crippen molar-refractivity contribution in [2.24, 2.45) is 0 Å². The number of benzene rings is 3. The third-order valence-electron chi connectivity index (χ3n) is 9.65. The van der Waals surface area contributed by atoms with E-state index in [1.54, 1.807) is 43.5 Å². The maximum atomic E-state index is 13.3. The highest BCUT2D eigenvalue weighted by atomic mass is 16.5. The molecule has 2 amide bonds. The first-order valence-corrected chi connectivity index (χ1v) is 15.7. The zero-order valence-electron chi connectivity index (χ0n) is 24.7. The van der Waals surface area contributed by atoms with Crippen molar-refractivity contribution in [3.05, 3.63) is 77.9 Å². The van der Waals surface area contributed by atoms with Crippen LogP contribution < -0.4 is 24.4 Å². The topological polar surface area (TPSA) is 80.3 Å². The molecule has 8 nitrogen and oxygen atoms in total. The molecule has 4 fully saturated rings. The molecule has 8 heteroatoms. The number of rotatable bonds is 8. The SMILES string of the molecule is C1CC2CCC1N2.COc1cc(N2C(=O)c3ccc(Oc4ccccc4)cc3C2=O)ccc1OCCN1C2CCC1CC2. The molecule has 1 N–H and O–H groups in total. The van der Waals surface area contributed by atoms with Gasteiger partial charge in [-0.05, 0) is 93.8 Å². The number of amides is 2. The van der Waals surface area contributed by atoms with Gasteiger partial charge in [0.15, 0.2) is 11.5 Å². The molecule has 0 unspecified atom stereocenters. The summed E-state index contributed by atoms with van der Waals surface area (Å²) in [5.74, 6) is 1.47. The minimum absolute atomic E-state index is 0.313. The van der Waals surface area contributed by atoms with Crippen molar-refractivity contribution in [3.8, 4) is 23.0 Å². The monoisotopic (exact) mass is 581 g/mol. The Kier molecular flexibility index (Phi) is 7.80. The molecule has 224 valence electrons. The third kappa shape index (κ3) is 5.61. The number of carbonyl (C=O) groups is 2. The fourth-order valence-corrected chi connectivity index (χ4v) is 7.46. The average molecular weight is 582 g/mol. The van der Waals surface area contributed by atoms with Crippen LogP contribution in [-0.2, 0) is 0 Å². The van der Waals surface area contributed by atoms with Gasteiger partial charge in [-0.2, -0.15) is 0 Å². The second-order valence-electron chi connectivity index (χ2n) is 12.2. The van der Waals surface area contributed by atoms with E-state index in [1.165, 1.54) is 56.3 Å². The molecule has 0 spiro atoms. The van der Waals surface area contributed by atoms with Gasteiger partial charge >= 0.3 is 0 Å². The Labute approximate surface area is 252 Å². The van der Waals surface area contributed by atoms with Gasteiger partial charge in [-0.15, -0.1) is 0 Å². The molecule has 4 saturated heterocycles. The standard InChI is InChI=1S/C29H28N2O5.C6H11N/c1-34-27-17-21(11-14-26(27)35-16-15-30-19-7-8-20(30)10-9-19)31-28(32)24-13-12-23(18-25(24)29(31)33)36-22-5-3-2-4-6-22;1-2-6-4-3-5(1)7-6/h2-6,11-14,17-20H,7-10,15-16H2,1H3;5-7H,1-4H2. The molecule has 5 heterocycles. The maximum absolute atomic E-state index is 13.3. The van der Waals surface area contributed by atoms with Crippen LogP contribution in [-0.4, -0.2) is 61.1 Å². The molecular formula is C35H39N3O5. The number of para-hydroxylation sites is 1. The van der Waals surface area contributed by atoms with Gasteiger partial charge in [-0.1, -0.05) is 18.2 Å². The summed E-state index contributed by atoms with van der Waals surface area (Å²) in [7, 11) is 1.56. The molecule has 0 saturated carbocycles. The summed E-state index contributed by atoms with van der Waals surface area (Å²) in [6.07, 6.45) is 11.0. The van der Waals surface area contributed by atoms with Crippen molar-refractivity contribution in [1.29, 1.82) is 0 Å². The van der Waals surface area contributed by atoms with E-state index < -0.39 is 5.91 Å². The summed E-state index contributed by atoms with van der Waals surface area (Å²) in [4.78, 5) is 30.1. The molecule has 5 aliphatic heterocycles. The number of hydrogen-bond acceptors (Lipinski definition) is 7. The Morgan fingerprint density at radius 1 is 0.721 bits per heavy atom. The Morgan fingerprint density at radius 2 is 1.40 bits per heavy atom. The molecule has 5 aliphatic rings. The summed E-state index contributed by atoms with van der Waals surface area (Å²) >= 11 is 0. The van der Waals surface area contributed by atoms with E-state index >= 15 is 0 Å². The summed E-state index contributed by atoms with van der Waals surface area (Å²) in [6.45, 7) is 1.46. The number of hydrogen-bond donors (Lipinski definition) is 1. The van der Waals surface area contributed by atoms with Gasteiger partial charge in [0.1, 0.15) is 18.1 Å². The fourth-order valence-electron chi connectivity index (χ4n) is 7.46. The number of carbonyl (C=O) groups excluding carboxylic acids is 2. The van der Waals surface area contributed by atoms with Crippen LogP contribution in [0.5, 0.6) is 23.0 Å². The molecule has 0 aliphatic carbocycles. The number of ether oxygens (including phenoxy) is 3. The van der Waals surface area contributed by atoms with Crippen molar-refractivity contribution >= 4 is 17.5 Å². The van der Waals surface area contributed by atoms with E-state index in [0.717, 1.165) is 18.6 Å². The molecule has 0 atom stereocenters. The second kappa shape index (κ2) is 12.0. The summed E-state index contributed by atoms with van der Waals surface area (Å²) < 4.78 is 17.4. The van der Waals surface area contributed by atoms with E-state index in [9.17, 15) is 9.59 Å². The molecule has 0 radical (unpaired) electrons. The van der Waals surface area contributed by atoms with E-state index in [-0.39, 0.29) is 5.91 Å². The van der Waals surface area contributed by atoms with Gasteiger partial charge in [0.2, 0.25) is 0 Å². The van der Waals surface area contributed by atoms with Crippen LogP contribution in [0.1, 0.15) is 72.1 Å². The first-order chi connectivity index (χ1) is 21.1. The highest BCUT2D eigenvalue weighted by molar-refractivity contribution is 6.34. The minimum atomic E-state index is -0.395. The zero-order chi connectivity index (χ0) is 29.3. The lowest BCUT2D eigenvalue weighted by molar-refractivity contribution is 0.0926. The number of imide groups is 1. The number of fused-ring (bicyclic) bond motifs is 5. The van der Waals surface area contributed by atoms with Gasteiger partial charge < -0.3 is 19.5 Å². The van der Waals surface area contributed by atoms with Gasteiger partial charge in [-0.25, -0.2) is 4.90 Å². The van der Waals surface area contributed by atoms with Crippen molar-refractivity contribution in [2.75, 3.05) is 25.2 Å². The molecule has 8 rings (SSSR count). The third-order valence-corrected chi connectivity index (χ3v) is 9.65. The summed E-state index contributed by atoms with van der Waals surface area (Å²) in [5, 5.41) is 3.53. The second-order valence-corrected chi connectivity index (χ2v) is 12.2. The first-order valence-electron chi connectivity index (χ1n) is 15.7. The Balaban J connectivity index is 0.000000372. The van der Waals surface area contributed by atoms with Crippen LogP contribution >= 0.6 is 0 Å². The van der Waals surface area contributed by atoms with Crippen LogP contribution in [0, 0.1) is 0 Å². The number of anilines is 1. The van der Waals surface area contributed by atoms with Gasteiger partial charge in [0.25, 0.3) is 11.8 Å². The summed E-state index contributed by atoms with van der Waals surface area (Å²) in [6, 6.07) is 22.7. The van der Waals surface area contributed by atoms with E-state index in [1.807, 2.05) is 30.3 Å². The number of nitrogens with one attached hydrogen (secondary N) is 1. The lowest BCUT2D eigenvalue weighted by atomic mass is 10.0. The molecular weight excluding hydrogens is 542 g/mol. The quantitative estimate of drug-likeness (QED) is 0.318. The van der Waals surface area contributed by atoms with Crippen molar-refractivity contribution in [2.45, 2.75) is 75.5 Å². The highest BCUT2D eigenvalue weighted by Crippen LogP contribution is 2.39. The predicted octanol–water partition coefficient (Wildman–Crippen LogP) is 6.19. The van der Waals surface area contributed by atoms with Gasteiger partial charge in [-0.3, -0.25) is 14.5 Å². The smallest absolute Gasteiger partial charge is 0.266 e. The largest absolute Gasteiger partial charge is 0.493 e. The minimum Gasteiger partial charge on any atom is -0.493 e. The number of methoxy groups -OCH3 is 1. The van der Waals surface area contributed by atoms with Crippen LogP contribution in [0.15, 0.2) is 66.7 Å². The lowest BCUT2D eigenvalue weighted by Gasteiger charge is -2.22. The fraction of sp³-hybridized carbons (Fsp3) is 0.429. The molecule has 4 bridgehead atoms. The predicted molar refractivity (Wildman–Crippen MR) is 165 cm³/mol. The van der Waals surface area contributed by atoms with Crippen LogP contribution in [0.25, 0.3) is 0 Å². The molecule has 43 heavy (non-hydrogen) atoms. The Hall–Kier alpha value is -3.88.